The minimum atomic E-state index is -3.96. The lowest BCUT2D eigenvalue weighted by Gasteiger charge is -2.05. The minimum absolute atomic E-state index is 0.0187. The van der Waals surface area contributed by atoms with Gasteiger partial charge in [-0.25, -0.2) is 0 Å². The molecule has 0 aliphatic rings. The van der Waals surface area contributed by atoms with Crippen molar-refractivity contribution >= 4 is 21.6 Å². The molecule has 0 spiro atoms. The van der Waals surface area contributed by atoms with Crippen LogP contribution in [0.25, 0.3) is 0 Å². The zero-order valence-corrected chi connectivity index (χ0v) is 13.5. The van der Waals surface area contributed by atoms with E-state index in [9.17, 15) is 13.2 Å². The number of hydrogen-bond donors (Lipinski definition) is 0. The van der Waals surface area contributed by atoms with Crippen molar-refractivity contribution in [2.24, 2.45) is 5.16 Å². The summed E-state index contributed by atoms with van der Waals surface area (Å²) in [7, 11) is -3.96. The van der Waals surface area contributed by atoms with Gasteiger partial charge in [0, 0.05) is 5.56 Å². The van der Waals surface area contributed by atoms with E-state index in [1.54, 1.807) is 49.4 Å². The van der Waals surface area contributed by atoms with Gasteiger partial charge in [0.1, 0.15) is 4.90 Å². The molecule has 5 nitrogen and oxygen atoms in total. The highest BCUT2D eigenvalue weighted by Gasteiger charge is 2.16. The zero-order chi connectivity index (χ0) is 16.7. The number of Topliss-reactive ketones (excluding diaryl/α,β-unsaturated/α-hetero) is 1. The van der Waals surface area contributed by atoms with Crippen LogP contribution in [0.4, 0.5) is 0 Å². The standard InChI is InChI=1S/C17H17NO4S/c1-2-15(13-17(19)14-9-5-3-6-10-14)18-22-23(20,21)16-11-7-4-8-12-16/h3-12H,2,13H2,1H3. The molecule has 0 saturated carbocycles. The molecule has 0 saturated heterocycles. The molecule has 6 heteroatoms. The van der Waals surface area contributed by atoms with E-state index in [1.165, 1.54) is 12.1 Å². The Balaban J connectivity index is 2.09. The number of oxime groups is 1. The van der Waals surface area contributed by atoms with Crippen LogP contribution < -0.4 is 0 Å². The Morgan fingerprint density at radius 3 is 2.13 bits per heavy atom. The highest BCUT2D eigenvalue weighted by molar-refractivity contribution is 7.86. The van der Waals surface area contributed by atoms with E-state index in [-0.39, 0.29) is 17.1 Å². The van der Waals surface area contributed by atoms with E-state index in [0.717, 1.165) is 0 Å². The summed E-state index contributed by atoms with van der Waals surface area (Å²) in [6.45, 7) is 1.79. The molecule has 0 atom stereocenters. The molecular formula is C17H17NO4S. The van der Waals surface area contributed by atoms with E-state index in [4.69, 9.17) is 4.28 Å². The van der Waals surface area contributed by atoms with Crippen LogP contribution in [0.15, 0.2) is 70.7 Å². The van der Waals surface area contributed by atoms with Crippen molar-refractivity contribution < 1.29 is 17.5 Å². The second-order valence-corrected chi connectivity index (χ2v) is 6.35. The number of ketones is 1. The van der Waals surface area contributed by atoms with Gasteiger partial charge in [-0.15, -0.1) is 0 Å². The fourth-order valence-electron chi connectivity index (χ4n) is 1.87. The molecule has 2 aromatic carbocycles. The predicted octanol–water partition coefficient (Wildman–Crippen LogP) is 3.43. The van der Waals surface area contributed by atoms with E-state index in [0.29, 0.717) is 17.7 Å². The van der Waals surface area contributed by atoms with Gasteiger partial charge < -0.3 is 0 Å². The van der Waals surface area contributed by atoms with Crippen molar-refractivity contribution in [2.75, 3.05) is 0 Å². The van der Waals surface area contributed by atoms with Crippen LogP contribution >= 0.6 is 0 Å². The van der Waals surface area contributed by atoms with Crippen molar-refractivity contribution in [3.05, 3.63) is 66.2 Å². The van der Waals surface area contributed by atoms with Crippen molar-refractivity contribution in [3.63, 3.8) is 0 Å². The number of carbonyl (C=O) groups excluding carboxylic acids is 1. The Morgan fingerprint density at radius 2 is 1.57 bits per heavy atom. The Bertz CT molecular complexity index is 784. The fourth-order valence-corrected chi connectivity index (χ4v) is 2.65. The lowest BCUT2D eigenvalue weighted by atomic mass is 10.0. The number of hydrogen-bond acceptors (Lipinski definition) is 5. The number of nitrogens with zero attached hydrogens (tertiary/aromatic N) is 1. The van der Waals surface area contributed by atoms with E-state index in [1.807, 2.05) is 6.07 Å². The molecule has 0 aromatic heterocycles. The lowest BCUT2D eigenvalue weighted by molar-refractivity contribution is 0.0999. The third-order valence-electron chi connectivity index (χ3n) is 3.16. The van der Waals surface area contributed by atoms with Gasteiger partial charge in [0.2, 0.25) is 0 Å². The van der Waals surface area contributed by atoms with E-state index < -0.39 is 10.1 Å². The van der Waals surface area contributed by atoms with Crippen molar-refractivity contribution in [2.45, 2.75) is 24.7 Å². The van der Waals surface area contributed by atoms with Gasteiger partial charge in [0.25, 0.3) is 0 Å². The molecule has 0 unspecified atom stereocenters. The van der Waals surface area contributed by atoms with Crippen LogP contribution in [0.5, 0.6) is 0 Å². The molecule has 23 heavy (non-hydrogen) atoms. The van der Waals surface area contributed by atoms with Gasteiger partial charge in [-0.2, -0.15) is 8.42 Å². The molecule has 2 rings (SSSR count). The fraction of sp³-hybridized carbons (Fsp3) is 0.176. The number of rotatable bonds is 7. The summed E-state index contributed by atoms with van der Waals surface area (Å²) in [6.07, 6.45) is 0.438. The average Bonchev–Trinajstić information content (AvgIpc) is 2.60. The summed E-state index contributed by atoms with van der Waals surface area (Å²) in [5, 5.41) is 3.66. The Kier molecular flexibility index (Phi) is 5.65. The second-order valence-electron chi connectivity index (χ2n) is 4.82. The van der Waals surface area contributed by atoms with Crippen LogP contribution in [-0.2, 0) is 14.4 Å². The van der Waals surface area contributed by atoms with Gasteiger partial charge in [0.05, 0.1) is 12.1 Å². The van der Waals surface area contributed by atoms with Crippen molar-refractivity contribution in [1.82, 2.24) is 0 Å². The third-order valence-corrected chi connectivity index (χ3v) is 4.29. The molecule has 2 aromatic rings. The summed E-state index contributed by atoms with van der Waals surface area (Å²) < 4.78 is 28.7. The molecular weight excluding hydrogens is 314 g/mol. The molecule has 120 valence electrons. The predicted molar refractivity (Wildman–Crippen MR) is 87.8 cm³/mol. The van der Waals surface area contributed by atoms with Gasteiger partial charge >= 0.3 is 10.1 Å². The summed E-state index contributed by atoms with van der Waals surface area (Å²) in [6, 6.07) is 16.5. The first-order valence-corrected chi connectivity index (χ1v) is 8.56. The Morgan fingerprint density at radius 1 is 1.00 bits per heavy atom. The first kappa shape index (κ1) is 16.9. The maximum absolute atomic E-state index is 12.1. The largest absolute Gasteiger partial charge is 0.358 e. The Labute approximate surface area is 135 Å². The van der Waals surface area contributed by atoms with E-state index in [2.05, 4.69) is 5.16 Å². The highest BCUT2D eigenvalue weighted by Crippen LogP contribution is 2.13. The maximum Gasteiger partial charge on any atom is 0.358 e. The maximum atomic E-state index is 12.1. The van der Waals surface area contributed by atoms with E-state index >= 15 is 0 Å². The van der Waals surface area contributed by atoms with Crippen LogP contribution in [0.2, 0.25) is 0 Å². The summed E-state index contributed by atoms with van der Waals surface area (Å²) in [4.78, 5) is 12.1. The number of carbonyl (C=O) groups is 1. The first-order chi connectivity index (χ1) is 11.0. The third kappa shape index (κ3) is 4.75. The number of benzene rings is 2. The van der Waals surface area contributed by atoms with Crippen LogP contribution in [0.1, 0.15) is 30.1 Å². The molecule has 0 aliphatic heterocycles. The van der Waals surface area contributed by atoms with Gasteiger partial charge in [-0.3, -0.25) is 9.08 Å². The monoisotopic (exact) mass is 331 g/mol. The van der Waals surface area contributed by atoms with Gasteiger partial charge in [-0.05, 0) is 18.6 Å². The smallest absolute Gasteiger partial charge is 0.294 e. The molecule has 0 N–H and O–H groups in total. The highest BCUT2D eigenvalue weighted by atomic mass is 32.2. The normalized spacial score (nSPS) is 12.0. The summed E-state index contributed by atoms with van der Waals surface area (Å²) >= 11 is 0. The van der Waals surface area contributed by atoms with Crippen molar-refractivity contribution in [1.29, 1.82) is 0 Å². The van der Waals surface area contributed by atoms with Gasteiger partial charge in [-0.1, -0.05) is 60.6 Å². The first-order valence-electron chi connectivity index (χ1n) is 7.15. The quantitative estimate of drug-likeness (QED) is 0.443. The SMILES string of the molecule is CCC(CC(=O)c1ccccc1)=NOS(=O)(=O)c1ccccc1. The van der Waals surface area contributed by atoms with Crippen LogP contribution in [0, 0.1) is 0 Å². The molecule has 0 heterocycles. The molecule has 0 fully saturated rings. The summed E-state index contributed by atoms with van der Waals surface area (Å²) in [5.41, 5.74) is 0.929. The molecule has 0 radical (unpaired) electrons. The molecule has 0 bridgehead atoms. The zero-order valence-electron chi connectivity index (χ0n) is 12.7. The Hall–Kier alpha value is -2.47. The molecule has 0 amide bonds. The second kappa shape index (κ2) is 7.69. The topological polar surface area (TPSA) is 72.8 Å². The van der Waals surface area contributed by atoms with Crippen LogP contribution in [0.3, 0.4) is 0 Å². The minimum Gasteiger partial charge on any atom is -0.294 e. The molecule has 0 aliphatic carbocycles. The van der Waals surface area contributed by atoms with Crippen molar-refractivity contribution in [3.8, 4) is 0 Å². The lowest BCUT2D eigenvalue weighted by Crippen LogP contribution is -2.10. The van der Waals surface area contributed by atoms with Crippen LogP contribution in [-0.4, -0.2) is 19.9 Å². The summed E-state index contributed by atoms with van der Waals surface area (Å²) in [5.74, 6) is -0.132. The average molecular weight is 331 g/mol. The van der Waals surface area contributed by atoms with Gasteiger partial charge in [0.15, 0.2) is 5.78 Å².